The van der Waals surface area contributed by atoms with Gasteiger partial charge in [-0.1, -0.05) is 31.0 Å². The van der Waals surface area contributed by atoms with Crippen LogP contribution in [0.1, 0.15) is 29.3 Å². The maximum Gasteiger partial charge on any atom is 0.254 e. The van der Waals surface area contributed by atoms with Crippen molar-refractivity contribution in [1.82, 2.24) is 14.7 Å². The van der Waals surface area contributed by atoms with Crippen LogP contribution in [0.3, 0.4) is 0 Å². The number of aryl methyl sites for hydroxylation is 1. The molecule has 5 nitrogen and oxygen atoms in total. The number of carbonyl (C=O) groups is 1. The minimum absolute atomic E-state index is 0.0481. The van der Waals surface area contributed by atoms with Crippen LogP contribution in [-0.4, -0.2) is 84.7 Å². The van der Waals surface area contributed by atoms with Gasteiger partial charge in [0.1, 0.15) is 0 Å². The van der Waals surface area contributed by atoms with Crippen molar-refractivity contribution in [2.24, 2.45) is 11.8 Å². The minimum Gasteiger partial charge on any atom is -0.394 e. The number of benzene rings is 1. The van der Waals surface area contributed by atoms with Crippen molar-refractivity contribution in [3.8, 4) is 0 Å². The first-order valence-electron chi connectivity index (χ1n) is 9.92. The van der Waals surface area contributed by atoms with E-state index in [1.165, 1.54) is 0 Å². The Morgan fingerprint density at radius 1 is 1.23 bits per heavy atom. The number of rotatable bonds is 5. The fourth-order valence-electron chi connectivity index (χ4n) is 4.51. The van der Waals surface area contributed by atoms with Gasteiger partial charge in [0.2, 0.25) is 0 Å². The molecule has 5 heteroatoms. The Morgan fingerprint density at radius 2 is 1.96 bits per heavy atom. The SMILES string of the molecule is CC[C@@H]1CN(C(=O)c2cccc(C)c2)[C@H](CO)[C@@H]1CN1CCN(C)CC1. The average Bonchev–Trinajstić information content (AvgIpc) is 3.00. The highest BCUT2D eigenvalue weighted by atomic mass is 16.3. The Bertz CT molecular complexity index is 613. The molecule has 0 radical (unpaired) electrons. The molecule has 2 heterocycles. The van der Waals surface area contributed by atoms with Crippen molar-refractivity contribution in [2.45, 2.75) is 26.3 Å². The van der Waals surface area contributed by atoms with Gasteiger partial charge in [-0.2, -0.15) is 0 Å². The highest BCUT2D eigenvalue weighted by Crippen LogP contribution is 2.34. The van der Waals surface area contributed by atoms with Gasteiger partial charge in [-0.15, -0.1) is 0 Å². The largest absolute Gasteiger partial charge is 0.394 e. The average molecular weight is 360 g/mol. The molecule has 1 aromatic carbocycles. The summed E-state index contributed by atoms with van der Waals surface area (Å²) in [6, 6.07) is 7.71. The molecule has 1 N–H and O–H groups in total. The van der Waals surface area contributed by atoms with Crippen molar-refractivity contribution in [3.63, 3.8) is 0 Å². The smallest absolute Gasteiger partial charge is 0.254 e. The van der Waals surface area contributed by atoms with Crippen molar-refractivity contribution in [2.75, 3.05) is 52.9 Å². The maximum absolute atomic E-state index is 13.1. The normalized spacial score (nSPS) is 27.8. The van der Waals surface area contributed by atoms with Crippen LogP contribution in [0, 0.1) is 18.8 Å². The number of hydrogen-bond donors (Lipinski definition) is 1. The van der Waals surface area contributed by atoms with Gasteiger partial charge in [0.25, 0.3) is 5.91 Å². The Labute approximate surface area is 157 Å². The summed E-state index contributed by atoms with van der Waals surface area (Å²) in [5, 5.41) is 10.1. The van der Waals surface area contributed by atoms with Crippen molar-refractivity contribution >= 4 is 5.91 Å². The monoisotopic (exact) mass is 359 g/mol. The summed E-state index contributed by atoms with van der Waals surface area (Å²) in [5.74, 6) is 0.870. The molecular weight excluding hydrogens is 326 g/mol. The third-order valence-corrected chi connectivity index (χ3v) is 6.23. The predicted octanol–water partition coefficient (Wildman–Crippen LogP) is 1.70. The highest BCUT2D eigenvalue weighted by molar-refractivity contribution is 5.94. The van der Waals surface area contributed by atoms with Crippen LogP contribution in [0.15, 0.2) is 24.3 Å². The lowest BCUT2D eigenvalue weighted by Crippen LogP contribution is -2.49. The van der Waals surface area contributed by atoms with Crippen LogP contribution in [0.2, 0.25) is 0 Å². The molecule has 0 unspecified atom stereocenters. The second-order valence-corrected chi connectivity index (χ2v) is 8.01. The zero-order valence-electron chi connectivity index (χ0n) is 16.4. The van der Waals surface area contributed by atoms with Gasteiger partial charge in [-0.3, -0.25) is 4.79 Å². The lowest BCUT2D eigenvalue weighted by molar-refractivity contribution is 0.0591. The lowest BCUT2D eigenvalue weighted by atomic mass is 9.88. The fourth-order valence-corrected chi connectivity index (χ4v) is 4.51. The van der Waals surface area contributed by atoms with E-state index in [0.717, 1.165) is 56.8 Å². The van der Waals surface area contributed by atoms with E-state index in [1.54, 1.807) is 0 Å². The molecule has 0 aliphatic carbocycles. The van der Waals surface area contributed by atoms with Gasteiger partial charge in [0.05, 0.1) is 12.6 Å². The highest BCUT2D eigenvalue weighted by Gasteiger charge is 2.43. The number of hydrogen-bond acceptors (Lipinski definition) is 4. The Balaban J connectivity index is 1.74. The molecule has 3 rings (SSSR count). The molecule has 0 aromatic heterocycles. The van der Waals surface area contributed by atoms with E-state index in [2.05, 4.69) is 23.8 Å². The van der Waals surface area contributed by atoms with E-state index >= 15 is 0 Å². The third kappa shape index (κ3) is 4.11. The molecule has 26 heavy (non-hydrogen) atoms. The third-order valence-electron chi connectivity index (χ3n) is 6.23. The van der Waals surface area contributed by atoms with Gasteiger partial charge in [0, 0.05) is 44.8 Å². The summed E-state index contributed by atoms with van der Waals surface area (Å²) >= 11 is 0. The van der Waals surface area contributed by atoms with Crippen molar-refractivity contribution < 1.29 is 9.90 Å². The van der Waals surface area contributed by atoms with Gasteiger partial charge >= 0.3 is 0 Å². The molecule has 1 aromatic rings. The number of aliphatic hydroxyl groups excluding tert-OH is 1. The van der Waals surface area contributed by atoms with E-state index in [4.69, 9.17) is 0 Å². The molecule has 0 spiro atoms. The first-order valence-corrected chi connectivity index (χ1v) is 9.92. The zero-order valence-corrected chi connectivity index (χ0v) is 16.4. The van der Waals surface area contributed by atoms with Gasteiger partial charge in [-0.05, 0) is 37.9 Å². The molecule has 2 aliphatic rings. The van der Waals surface area contributed by atoms with E-state index in [0.29, 0.717) is 11.8 Å². The Morgan fingerprint density at radius 3 is 2.58 bits per heavy atom. The first kappa shape index (κ1) is 19.3. The number of likely N-dealkylation sites (N-methyl/N-ethyl adjacent to an activating group) is 1. The van der Waals surface area contributed by atoms with E-state index in [-0.39, 0.29) is 18.6 Å². The molecule has 0 bridgehead atoms. The number of likely N-dealkylation sites (tertiary alicyclic amines) is 1. The zero-order chi connectivity index (χ0) is 18.7. The van der Waals surface area contributed by atoms with Crippen LogP contribution in [0.25, 0.3) is 0 Å². The van der Waals surface area contributed by atoms with Crippen molar-refractivity contribution in [1.29, 1.82) is 0 Å². The minimum atomic E-state index is -0.0763. The van der Waals surface area contributed by atoms with Crippen molar-refractivity contribution in [3.05, 3.63) is 35.4 Å². The summed E-state index contributed by atoms with van der Waals surface area (Å²) < 4.78 is 0. The maximum atomic E-state index is 13.1. The number of nitrogens with zero attached hydrogens (tertiary/aromatic N) is 3. The standard InChI is InChI=1S/C21H33N3O2/c1-4-17-13-24(21(26)18-7-5-6-16(2)12-18)20(15-25)19(17)14-23-10-8-22(3)9-11-23/h5-7,12,17,19-20,25H,4,8-11,13-15H2,1-3H3/t17-,19-,20-/m1/s1. The summed E-state index contributed by atoms with van der Waals surface area (Å²) in [7, 11) is 2.17. The topological polar surface area (TPSA) is 47.0 Å². The molecule has 0 saturated carbocycles. The number of piperazine rings is 1. The summed E-state index contributed by atoms with van der Waals surface area (Å²) in [4.78, 5) is 19.9. The summed E-state index contributed by atoms with van der Waals surface area (Å²) in [6.45, 7) is 10.3. The molecule has 2 saturated heterocycles. The first-order chi connectivity index (χ1) is 12.5. The number of aliphatic hydroxyl groups is 1. The van der Waals surface area contributed by atoms with Crippen LogP contribution >= 0.6 is 0 Å². The summed E-state index contributed by atoms with van der Waals surface area (Å²) in [5.41, 5.74) is 1.83. The van der Waals surface area contributed by atoms with E-state index < -0.39 is 0 Å². The van der Waals surface area contributed by atoms with Crippen LogP contribution in [0.4, 0.5) is 0 Å². The second-order valence-electron chi connectivity index (χ2n) is 8.01. The fraction of sp³-hybridized carbons (Fsp3) is 0.667. The lowest BCUT2D eigenvalue weighted by Gasteiger charge is -2.36. The Hall–Kier alpha value is -1.43. The number of carbonyl (C=O) groups excluding carboxylic acids is 1. The quantitative estimate of drug-likeness (QED) is 0.869. The Kier molecular flexibility index (Phi) is 6.33. The molecule has 2 aliphatic heterocycles. The molecule has 1 amide bonds. The molecule has 3 atom stereocenters. The predicted molar refractivity (Wildman–Crippen MR) is 104 cm³/mol. The molecule has 144 valence electrons. The second kappa shape index (κ2) is 8.51. The van der Waals surface area contributed by atoms with Crippen LogP contribution in [0.5, 0.6) is 0 Å². The molecule has 2 fully saturated rings. The van der Waals surface area contributed by atoms with Gasteiger partial charge in [0.15, 0.2) is 0 Å². The van der Waals surface area contributed by atoms with Gasteiger partial charge < -0.3 is 19.8 Å². The summed E-state index contributed by atoms with van der Waals surface area (Å²) in [6.07, 6.45) is 1.05. The van der Waals surface area contributed by atoms with Gasteiger partial charge in [-0.25, -0.2) is 0 Å². The molecular formula is C21H33N3O2. The van der Waals surface area contributed by atoms with Crippen LogP contribution < -0.4 is 0 Å². The number of amides is 1. The van der Waals surface area contributed by atoms with Crippen LogP contribution in [-0.2, 0) is 0 Å². The van der Waals surface area contributed by atoms with E-state index in [9.17, 15) is 9.90 Å². The van der Waals surface area contributed by atoms with E-state index in [1.807, 2.05) is 36.1 Å².